The molecule has 118 valence electrons. The molecular weight excluding hydrogens is 305 g/mol. The Morgan fingerprint density at radius 3 is 2.62 bits per heavy atom. The SMILES string of the molecule is O=c1c2c(ccc3ccccc32)ncn1CNc1ccc(F)cc1. The molecule has 1 aromatic heterocycles. The fourth-order valence-electron chi connectivity index (χ4n) is 2.78. The Morgan fingerprint density at radius 2 is 1.79 bits per heavy atom. The molecule has 0 saturated carbocycles. The van der Waals surface area contributed by atoms with E-state index in [1.165, 1.54) is 23.0 Å². The van der Waals surface area contributed by atoms with E-state index in [1.54, 1.807) is 12.1 Å². The minimum atomic E-state index is -0.295. The highest BCUT2D eigenvalue weighted by Gasteiger charge is 2.08. The van der Waals surface area contributed by atoms with Crippen molar-refractivity contribution in [1.29, 1.82) is 0 Å². The third-order valence-corrected chi connectivity index (χ3v) is 4.02. The highest BCUT2D eigenvalue weighted by Crippen LogP contribution is 2.20. The van der Waals surface area contributed by atoms with Gasteiger partial charge in [0.2, 0.25) is 0 Å². The van der Waals surface area contributed by atoms with Crippen LogP contribution >= 0.6 is 0 Å². The van der Waals surface area contributed by atoms with E-state index in [9.17, 15) is 9.18 Å². The molecule has 0 bridgehead atoms. The molecule has 0 aliphatic carbocycles. The first-order valence-electron chi connectivity index (χ1n) is 7.59. The van der Waals surface area contributed by atoms with Crippen LogP contribution in [-0.2, 0) is 6.67 Å². The molecule has 3 aromatic carbocycles. The minimum Gasteiger partial charge on any atom is -0.367 e. The van der Waals surface area contributed by atoms with Crippen molar-refractivity contribution in [1.82, 2.24) is 9.55 Å². The molecule has 0 aliphatic heterocycles. The average molecular weight is 319 g/mol. The van der Waals surface area contributed by atoms with Gasteiger partial charge in [-0.25, -0.2) is 9.37 Å². The van der Waals surface area contributed by atoms with Crippen LogP contribution in [0.15, 0.2) is 71.8 Å². The fourth-order valence-corrected chi connectivity index (χ4v) is 2.78. The van der Waals surface area contributed by atoms with E-state index >= 15 is 0 Å². The van der Waals surface area contributed by atoms with Crippen LogP contribution in [-0.4, -0.2) is 9.55 Å². The van der Waals surface area contributed by atoms with E-state index < -0.39 is 0 Å². The van der Waals surface area contributed by atoms with Crippen LogP contribution in [0.1, 0.15) is 0 Å². The summed E-state index contributed by atoms with van der Waals surface area (Å²) in [4.78, 5) is 17.2. The van der Waals surface area contributed by atoms with Crippen molar-refractivity contribution in [2.45, 2.75) is 6.67 Å². The molecule has 4 nitrogen and oxygen atoms in total. The number of fused-ring (bicyclic) bond motifs is 3. The summed E-state index contributed by atoms with van der Waals surface area (Å²) in [5.41, 5.74) is 1.31. The molecule has 1 heterocycles. The number of aromatic nitrogens is 2. The number of nitrogens with zero attached hydrogens (tertiary/aromatic N) is 2. The van der Waals surface area contributed by atoms with E-state index in [0.29, 0.717) is 10.9 Å². The topological polar surface area (TPSA) is 46.9 Å². The lowest BCUT2D eigenvalue weighted by molar-refractivity contribution is 0.627. The zero-order valence-corrected chi connectivity index (χ0v) is 12.7. The second-order valence-corrected chi connectivity index (χ2v) is 5.54. The lowest BCUT2D eigenvalue weighted by Crippen LogP contribution is -2.24. The third kappa shape index (κ3) is 2.50. The summed E-state index contributed by atoms with van der Waals surface area (Å²) in [7, 11) is 0. The molecule has 24 heavy (non-hydrogen) atoms. The van der Waals surface area contributed by atoms with Gasteiger partial charge < -0.3 is 5.32 Å². The van der Waals surface area contributed by atoms with Gasteiger partial charge in [-0.1, -0.05) is 30.3 Å². The number of rotatable bonds is 3. The highest BCUT2D eigenvalue weighted by molar-refractivity contribution is 6.05. The second kappa shape index (κ2) is 5.77. The van der Waals surface area contributed by atoms with Gasteiger partial charge in [0.15, 0.2) is 0 Å². The predicted octanol–water partition coefficient (Wildman–Crippen LogP) is 3.76. The van der Waals surface area contributed by atoms with E-state index in [1.807, 2.05) is 36.4 Å². The van der Waals surface area contributed by atoms with Crippen LogP contribution in [0.4, 0.5) is 10.1 Å². The second-order valence-electron chi connectivity index (χ2n) is 5.54. The van der Waals surface area contributed by atoms with Crippen molar-refractivity contribution >= 4 is 27.4 Å². The summed E-state index contributed by atoms with van der Waals surface area (Å²) >= 11 is 0. The number of halogens is 1. The normalized spacial score (nSPS) is 11.0. The van der Waals surface area contributed by atoms with E-state index in [-0.39, 0.29) is 18.0 Å². The number of nitrogens with one attached hydrogen (secondary N) is 1. The molecule has 0 fully saturated rings. The predicted molar refractivity (Wildman–Crippen MR) is 93.5 cm³/mol. The molecule has 0 spiro atoms. The number of hydrogen-bond donors (Lipinski definition) is 1. The van der Waals surface area contributed by atoms with Crippen LogP contribution in [0.5, 0.6) is 0 Å². The van der Waals surface area contributed by atoms with Gasteiger partial charge in [0, 0.05) is 5.69 Å². The smallest absolute Gasteiger partial charge is 0.263 e. The lowest BCUT2D eigenvalue weighted by atomic mass is 10.1. The summed E-state index contributed by atoms with van der Waals surface area (Å²) in [6, 6.07) is 17.6. The average Bonchev–Trinajstić information content (AvgIpc) is 2.62. The highest BCUT2D eigenvalue weighted by atomic mass is 19.1. The van der Waals surface area contributed by atoms with Gasteiger partial charge in [0.05, 0.1) is 23.9 Å². The van der Waals surface area contributed by atoms with Gasteiger partial charge in [-0.05, 0) is 41.1 Å². The first-order chi connectivity index (χ1) is 11.7. The summed E-state index contributed by atoms with van der Waals surface area (Å²) in [5.74, 6) is -0.295. The summed E-state index contributed by atoms with van der Waals surface area (Å²) in [6.45, 7) is 0.261. The molecule has 0 saturated heterocycles. The van der Waals surface area contributed by atoms with Crippen LogP contribution in [0, 0.1) is 5.82 Å². The molecule has 4 rings (SSSR count). The van der Waals surface area contributed by atoms with Crippen LogP contribution < -0.4 is 10.9 Å². The van der Waals surface area contributed by atoms with Gasteiger partial charge in [0.1, 0.15) is 5.82 Å². The van der Waals surface area contributed by atoms with Crippen molar-refractivity contribution in [2.24, 2.45) is 0 Å². The van der Waals surface area contributed by atoms with Crippen molar-refractivity contribution in [3.63, 3.8) is 0 Å². The molecule has 1 N–H and O–H groups in total. The zero-order chi connectivity index (χ0) is 16.5. The molecule has 0 unspecified atom stereocenters. The number of benzene rings is 3. The van der Waals surface area contributed by atoms with E-state index in [2.05, 4.69) is 10.3 Å². The van der Waals surface area contributed by atoms with Crippen molar-refractivity contribution in [3.05, 3.63) is 83.2 Å². The van der Waals surface area contributed by atoms with Crippen molar-refractivity contribution in [3.8, 4) is 0 Å². The molecule has 0 amide bonds. The fraction of sp³-hybridized carbons (Fsp3) is 0.0526. The largest absolute Gasteiger partial charge is 0.367 e. The number of anilines is 1. The maximum Gasteiger partial charge on any atom is 0.263 e. The number of hydrogen-bond acceptors (Lipinski definition) is 3. The molecule has 0 atom stereocenters. The van der Waals surface area contributed by atoms with Crippen LogP contribution in [0.25, 0.3) is 21.7 Å². The molecule has 0 radical (unpaired) electrons. The quantitative estimate of drug-likeness (QED) is 0.585. The van der Waals surface area contributed by atoms with Gasteiger partial charge in [0.25, 0.3) is 5.56 Å². The maximum absolute atomic E-state index is 12.9. The van der Waals surface area contributed by atoms with Crippen LogP contribution in [0.3, 0.4) is 0 Å². The van der Waals surface area contributed by atoms with Crippen LogP contribution in [0.2, 0.25) is 0 Å². The Labute approximate surface area is 137 Å². The lowest BCUT2D eigenvalue weighted by Gasteiger charge is -2.10. The zero-order valence-electron chi connectivity index (χ0n) is 12.7. The minimum absolute atomic E-state index is 0.105. The maximum atomic E-state index is 12.9. The van der Waals surface area contributed by atoms with Gasteiger partial charge in [-0.2, -0.15) is 0 Å². The first kappa shape index (κ1) is 14.4. The standard InChI is InChI=1S/C19H14FN3O/c20-14-6-8-15(9-7-14)21-11-23-12-22-17-10-5-13-3-1-2-4-16(13)18(17)19(23)24/h1-10,12,21H,11H2. The summed E-state index contributed by atoms with van der Waals surface area (Å²) < 4.78 is 14.5. The van der Waals surface area contributed by atoms with Crippen molar-refractivity contribution < 1.29 is 4.39 Å². The molecular formula is C19H14FN3O. The molecule has 0 aliphatic rings. The van der Waals surface area contributed by atoms with Gasteiger partial charge in [-0.15, -0.1) is 0 Å². The Kier molecular flexibility index (Phi) is 3.46. The summed E-state index contributed by atoms with van der Waals surface area (Å²) in [5, 5.41) is 5.61. The first-order valence-corrected chi connectivity index (χ1v) is 7.59. The third-order valence-electron chi connectivity index (χ3n) is 4.02. The van der Waals surface area contributed by atoms with Gasteiger partial charge in [-0.3, -0.25) is 9.36 Å². The Morgan fingerprint density at radius 1 is 1.00 bits per heavy atom. The van der Waals surface area contributed by atoms with Crippen molar-refractivity contribution in [2.75, 3.05) is 5.32 Å². The Balaban J connectivity index is 1.76. The Hall–Kier alpha value is -3.21. The molecule has 4 aromatic rings. The Bertz CT molecular complexity index is 1090. The monoisotopic (exact) mass is 319 g/mol. The van der Waals surface area contributed by atoms with Gasteiger partial charge >= 0.3 is 0 Å². The van der Waals surface area contributed by atoms with E-state index in [0.717, 1.165) is 16.5 Å². The summed E-state index contributed by atoms with van der Waals surface area (Å²) in [6.07, 6.45) is 1.52. The molecule has 5 heteroatoms. The van der Waals surface area contributed by atoms with E-state index in [4.69, 9.17) is 0 Å².